The number of hydrogen-bond donors (Lipinski definition) is 3. The van der Waals surface area contributed by atoms with E-state index in [9.17, 15) is 4.79 Å². The SMILES string of the molecule is CC(N)CCCC(C)C(=O)NCCc1ncn[nH]1. The van der Waals surface area contributed by atoms with E-state index in [1.807, 2.05) is 13.8 Å². The van der Waals surface area contributed by atoms with Gasteiger partial charge in [-0.25, -0.2) is 4.98 Å². The van der Waals surface area contributed by atoms with Gasteiger partial charge < -0.3 is 11.1 Å². The second-order valence-corrected chi connectivity index (χ2v) is 4.78. The molecule has 2 unspecified atom stereocenters. The van der Waals surface area contributed by atoms with Crippen LogP contribution < -0.4 is 11.1 Å². The first-order valence-corrected chi connectivity index (χ1v) is 6.47. The van der Waals surface area contributed by atoms with Crippen molar-refractivity contribution in [1.82, 2.24) is 20.5 Å². The van der Waals surface area contributed by atoms with Gasteiger partial charge in [-0.15, -0.1) is 0 Å². The Morgan fingerprint density at radius 3 is 2.89 bits per heavy atom. The third-order valence-corrected chi connectivity index (χ3v) is 2.87. The minimum Gasteiger partial charge on any atom is -0.355 e. The maximum Gasteiger partial charge on any atom is 0.222 e. The number of carbonyl (C=O) groups is 1. The highest BCUT2D eigenvalue weighted by molar-refractivity contribution is 5.78. The topological polar surface area (TPSA) is 96.7 Å². The Hall–Kier alpha value is -1.43. The largest absolute Gasteiger partial charge is 0.355 e. The lowest BCUT2D eigenvalue weighted by Gasteiger charge is -2.12. The lowest BCUT2D eigenvalue weighted by atomic mass is 10.0. The average molecular weight is 253 g/mol. The fourth-order valence-electron chi connectivity index (χ4n) is 1.71. The van der Waals surface area contributed by atoms with Gasteiger partial charge in [0.15, 0.2) is 0 Å². The number of carbonyl (C=O) groups excluding carboxylic acids is 1. The van der Waals surface area contributed by atoms with E-state index in [0.717, 1.165) is 25.1 Å². The van der Waals surface area contributed by atoms with Gasteiger partial charge in [-0.1, -0.05) is 13.3 Å². The number of amides is 1. The molecular weight excluding hydrogens is 230 g/mol. The van der Waals surface area contributed by atoms with Gasteiger partial charge in [0.1, 0.15) is 12.2 Å². The molecule has 4 N–H and O–H groups in total. The summed E-state index contributed by atoms with van der Waals surface area (Å²) in [6.07, 6.45) is 4.99. The van der Waals surface area contributed by atoms with Crippen LogP contribution in [0.4, 0.5) is 0 Å². The molecule has 2 atom stereocenters. The highest BCUT2D eigenvalue weighted by Gasteiger charge is 2.12. The number of rotatable bonds is 8. The zero-order chi connectivity index (χ0) is 13.4. The van der Waals surface area contributed by atoms with E-state index in [1.54, 1.807) is 0 Å². The van der Waals surface area contributed by atoms with Crippen molar-refractivity contribution in [2.45, 2.75) is 45.6 Å². The van der Waals surface area contributed by atoms with Gasteiger partial charge in [-0.2, -0.15) is 5.10 Å². The van der Waals surface area contributed by atoms with E-state index in [2.05, 4.69) is 20.5 Å². The van der Waals surface area contributed by atoms with E-state index in [4.69, 9.17) is 5.73 Å². The molecule has 0 saturated carbocycles. The molecule has 1 heterocycles. The van der Waals surface area contributed by atoms with Crippen molar-refractivity contribution in [3.05, 3.63) is 12.2 Å². The third-order valence-electron chi connectivity index (χ3n) is 2.87. The molecular formula is C12H23N5O. The summed E-state index contributed by atoms with van der Waals surface area (Å²) >= 11 is 0. The van der Waals surface area contributed by atoms with Crippen molar-refractivity contribution in [3.8, 4) is 0 Å². The van der Waals surface area contributed by atoms with Crippen LogP contribution in [0.1, 0.15) is 38.9 Å². The summed E-state index contributed by atoms with van der Waals surface area (Å²) in [6.45, 7) is 4.53. The third kappa shape index (κ3) is 5.77. The van der Waals surface area contributed by atoms with Crippen LogP contribution in [0.2, 0.25) is 0 Å². The van der Waals surface area contributed by atoms with E-state index >= 15 is 0 Å². The van der Waals surface area contributed by atoms with Crippen LogP contribution in [0.5, 0.6) is 0 Å². The van der Waals surface area contributed by atoms with Crippen LogP contribution in [0, 0.1) is 5.92 Å². The molecule has 1 aromatic rings. The molecule has 0 bridgehead atoms. The Bertz CT molecular complexity index is 336. The van der Waals surface area contributed by atoms with E-state index in [0.29, 0.717) is 13.0 Å². The van der Waals surface area contributed by atoms with Gasteiger partial charge >= 0.3 is 0 Å². The quantitative estimate of drug-likeness (QED) is 0.632. The molecule has 0 aliphatic carbocycles. The summed E-state index contributed by atoms with van der Waals surface area (Å²) < 4.78 is 0. The highest BCUT2D eigenvalue weighted by Crippen LogP contribution is 2.08. The van der Waals surface area contributed by atoms with Crippen molar-refractivity contribution in [3.63, 3.8) is 0 Å². The van der Waals surface area contributed by atoms with E-state index < -0.39 is 0 Å². The zero-order valence-electron chi connectivity index (χ0n) is 11.1. The van der Waals surface area contributed by atoms with E-state index in [1.165, 1.54) is 6.33 Å². The Morgan fingerprint density at radius 1 is 1.50 bits per heavy atom. The number of nitrogens with zero attached hydrogens (tertiary/aromatic N) is 2. The summed E-state index contributed by atoms with van der Waals surface area (Å²) in [4.78, 5) is 15.8. The van der Waals surface area contributed by atoms with Gasteiger partial charge in [0.2, 0.25) is 5.91 Å². The molecule has 1 rings (SSSR count). The molecule has 0 fully saturated rings. The van der Waals surface area contributed by atoms with Crippen molar-refractivity contribution in [2.24, 2.45) is 11.7 Å². The molecule has 0 radical (unpaired) electrons. The Morgan fingerprint density at radius 2 is 2.28 bits per heavy atom. The Kier molecular flexibility index (Phi) is 6.35. The number of aromatic amines is 1. The van der Waals surface area contributed by atoms with Crippen LogP contribution in [-0.4, -0.2) is 33.7 Å². The molecule has 1 amide bonds. The molecule has 102 valence electrons. The fourth-order valence-corrected chi connectivity index (χ4v) is 1.71. The molecule has 0 spiro atoms. The predicted octanol–water partition coefficient (Wildman–Crippen LogP) is 0.617. The molecule has 18 heavy (non-hydrogen) atoms. The maximum absolute atomic E-state index is 11.8. The second-order valence-electron chi connectivity index (χ2n) is 4.78. The van der Waals surface area contributed by atoms with Crippen molar-refractivity contribution in [1.29, 1.82) is 0 Å². The van der Waals surface area contributed by atoms with Gasteiger partial charge in [0, 0.05) is 24.9 Å². The van der Waals surface area contributed by atoms with Gasteiger partial charge in [-0.3, -0.25) is 9.89 Å². The summed E-state index contributed by atoms with van der Waals surface area (Å²) in [5.41, 5.74) is 5.67. The Labute approximate surface area is 108 Å². The van der Waals surface area contributed by atoms with Gasteiger partial charge in [0.25, 0.3) is 0 Å². The van der Waals surface area contributed by atoms with Crippen LogP contribution >= 0.6 is 0 Å². The minimum atomic E-state index is 0.0403. The van der Waals surface area contributed by atoms with Gasteiger partial charge in [0.05, 0.1) is 0 Å². The van der Waals surface area contributed by atoms with Crippen molar-refractivity contribution in [2.75, 3.05) is 6.54 Å². The average Bonchev–Trinajstić information content (AvgIpc) is 2.81. The van der Waals surface area contributed by atoms with Crippen LogP contribution in [-0.2, 0) is 11.2 Å². The number of H-pyrrole nitrogens is 1. The lowest BCUT2D eigenvalue weighted by Crippen LogP contribution is -2.31. The monoisotopic (exact) mass is 253 g/mol. The normalized spacial score (nSPS) is 14.2. The molecule has 0 aliphatic rings. The minimum absolute atomic E-state index is 0.0403. The van der Waals surface area contributed by atoms with Crippen LogP contribution in [0.25, 0.3) is 0 Å². The predicted molar refractivity (Wildman–Crippen MR) is 69.8 cm³/mol. The summed E-state index contributed by atoms with van der Waals surface area (Å²) in [5, 5.41) is 9.41. The summed E-state index contributed by atoms with van der Waals surface area (Å²) in [6, 6.07) is 0.215. The summed E-state index contributed by atoms with van der Waals surface area (Å²) in [5.74, 6) is 0.928. The van der Waals surface area contributed by atoms with Crippen LogP contribution in [0.3, 0.4) is 0 Å². The molecule has 0 saturated heterocycles. The molecule has 6 heteroatoms. The van der Waals surface area contributed by atoms with Crippen molar-refractivity contribution < 1.29 is 4.79 Å². The summed E-state index contributed by atoms with van der Waals surface area (Å²) in [7, 11) is 0. The van der Waals surface area contributed by atoms with E-state index in [-0.39, 0.29) is 17.9 Å². The zero-order valence-corrected chi connectivity index (χ0v) is 11.1. The number of hydrogen-bond acceptors (Lipinski definition) is 4. The molecule has 0 aromatic carbocycles. The van der Waals surface area contributed by atoms with Crippen molar-refractivity contribution >= 4 is 5.91 Å². The molecule has 1 aromatic heterocycles. The maximum atomic E-state index is 11.8. The number of nitrogens with two attached hydrogens (primary N) is 1. The molecule has 0 aliphatic heterocycles. The number of aromatic nitrogens is 3. The lowest BCUT2D eigenvalue weighted by molar-refractivity contribution is -0.124. The molecule has 6 nitrogen and oxygen atoms in total. The second kappa shape index (κ2) is 7.81. The Balaban J connectivity index is 2.11. The first-order chi connectivity index (χ1) is 8.59. The first kappa shape index (κ1) is 14.6. The first-order valence-electron chi connectivity index (χ1n) is 6.47. The standard InChI is InChI=1S/C12H23N5O/c1-9(4-3-5-10(2)13)12(18)14-7-6-11-15-8-16-17-11/h8-10H,3-7,13H2,1-2H3,(H,14,18)(H,15,16,17). The van der Waals surface area contributed by atoms with Gasteiger partial charge in [-0.05, 0) is 19.8 Å². The smallest absolute Gasteiger partial charge is 0.222 e. The fraction of sp³-hybridized carbons (Fsp3) is 0.750. The highest BCUT2D eigenvalue weighted by atomic mass is 16.1. The number of nitrogens with one attached hydrogen (secondary N) is 2. The van der Waals surface area contributed by atoms with Crippen LogP contribution in [0.15, 0.2) is 6.33 Å².